The number of nitrogens with zero attached hydrogens (tertiary/aromatic N) is 4. The van der Waals surface area contributed by atoms with Crippen molar-refractivity contribution in [3.8, 4) is 0 Å². The van der Waals surface area contributed by atoms with E-state index >= 15 is 0 Å². The van der Waals surface area contributed by atoms with Crippen molar-refractivity contribution in [2.75, 3.05) is 0 Å². The lowest BCUT2D eigenvalue weighted by Crippen LogP contribution is -2.20. The number of rotatable bonds is 4. The van der Waals surface area contributed by atoms with Gasteiger partial charge in [0.25, 0.3) is 0 Å². The van der Waals surface area contributed by atoms with Gasteiger partial charge in [0.05, 0.1) is 6.54 Å². The maximum absolute atomic E-state index is 4.16. The Morgan fingerprint density at radius 1 is 1.38 bits per heavy atom. The second-order valence-electron chi connectivity index (χ2n) is 3.68. The zero-order valence-electron chi connectivity index (χ0n) is 9.46. The molecule has 1 N–H and O–H groups in total. The lowest BCUT2D eigenvalue weighted by atomic mass is 10.1. The van der Waals surface area contributed by atoms with Gasteiger partial charge in [-0.2, -0.15) is 5.10 Å². The predicted molar refractivity (Wildman–Crippen MR) is 60.5 cm³/mol. The van der Waals surface area contributed by atoms with Gasteiger partial charge in [-0.1, -0.05) is 0 Å². The van der Waals surface area contributed by atoms with E-state index in [9.17, 15) is 0 Å². The molecule has 0 saturated heterocycles. The second kappa shape index (κ2) is 4.85. The Kier molecular flexibility index (Phi) is 3.26. The standard InChI is InChI=1S/C11H15N5/c1-9(10-3-5-12-6-4-10)13-7-11-14-8-15-16(11)2/h3-6,8-9,13H,7H2,1-2H3. The smallest absolute Gasteiger partial charge is 0.140 e. The van der Waals surface area contributed by atoms with Crippen molar-refractivity contribution in [2.24, 2.45) is 7.05 Å². The van der Waals surface area contributed by atoms with E-state index in [1.54, 1.807) is 23.4 Å². The molecule has 0 aliphatic carbocycles. The molecular weight excluding hydrogens is 202 g/mol. The Morgan fingerprint density at radius 2 is 2.12 bits per heavy atom. The van der Waals surface area contributed by atoms with Crippen molar-refractivity contribution in [1.82, 2.24) is 25.1 Å². The third kappa shape index (κ3) is 2.43. The number of hydrogen-bond donors (Lipinski definition) is 1. The molecule has 0 aromatic carbocycles. The Hall–Kier alpha value is -1.75. The van der Waals surface area contributed by atoms with Crippen LogP contribution < -0.4 is 5.32 Å². The van der Waals surface area contributed by atoms with Crippen molar-refractivity contribution in [2.45, 2.75) is 19.5 Å². The minimum atomic E-state index is 0.278. The van der Waals surface area contributed by atoms with E-state index in [1.165, 1.54) is 5.56 Å². The number of aromatic nitrogens is 4. The minimum absolute atomic E-state index is 0.278. The SMILES string of the molecule is CC(NCc1ncnn1C)c1ccncc1. The summed E-state index contributed by atoms with van der Waals surface area (Å²) in [5, 5.41) is 7.41. The van der Waals surface area contributed by atoms with Crippen molar-refractivity contribution in [3.05, 3.63) is 42.2 Å². The van der Waals surface area contributed by atoms with Crippen LogP contribution in [0.3, 0.4) is 0 Å². The molecule has 5 nitrogen and oxygen atoms in total. The summed E-state index contributed by atoms with van der Waals surface area (Å²) in [4.78, 5) is 8.16. The minimum Gasteiger partial charge on any atom is -0.303 e. The van der Waals surface area contributed by atoms with Crippen LogP contribution >= 0.6 is 0 Å². The molecular formula is C11H15N5. The fraction of sp³-hybridized carbons (Fsp3) is 0.364. The van der Waals surface area contributed by atoms with Gasteiger partial charge >= 0.3 is 0 Å². The molecule has 0 aliphatic heterocycles. The molecule has 84 valence electrons. The maximum Gasteiger partial charge on any atom is 0.140 e. The van der Waals surface area contributed by atoms with Crippen molar-refractivity contribution in [3.63, 3.8) is 0 Å². The highest BCUT2D eigenvalue weighted by atomic mass is 15.3. The Labute approximate surface area is 94.5 Å². The molecule has 5 heteroatoms. The highest BCUT2D eigenvalue weighted by molar-refractivity contribution is 5.13. The van der Waals surface area contributed by atoms with E-state index < -0.39 is 0 Å². The Bertz CT molecular complexity index is 437. The summed E-state index contributed by atoms with van der Waals surface area (Å²) in [5.41, 5.74) is 1.22. The third-order valence-corrected chi connectivity index (χ3v) is 2.58. The number of nitrogens with one attached hydrogen (secondary N) is 1. The van der Waals surface area contributed by atoms with E-state index in [1.807, 2.05) is 19.2 Å². The summed E-state index contributed by atoms with van der Waals surface area (Å²) in [5.74, 6) is 0.931. The molecule has 2 rings (SSSR count). The maximum atomic E-state index is 4.16. The summed E-state index contributed by atoms with van der Waals surface area (Å²) in [6.45, 7) is 2.83. The molecule has 0 radical (unpaired) electrons. The summed E-state index contributed by atoms with van der Waals surface area (Å²) < 4.78 is 1.77. The van der Waals surface area contributed by atoms with Crippen molar-refractivity contribution < 1.29 is 0 Å². The first-order valence-electron chi connectivity index (χ1n) is 5.23. The van der Waals surface area contributed by atoms with Gasteiger partial charge in [-0.25, -0.2) is 4.98 Å². The summed E-state index contributed by atoms with van der Waals surface area (Å²) in [6, 6.07) is 4.29. The topological polar surface area (TPSA) is 55.6 Å². The Morgan fingerprint density at radius 3 is 2.75 bits per heavy atom. The number of aryl methyl sites for hydroxylation is 1. The summed E-state index contributed by atoms with van der Waals surface area (Å²) in [7, 11) is 1.89. The van der Waals surface area contributed by atoms with E-state index in [2.05, 4.69) is 27.3 Å². The zero-order valence-corrected chi connectivity index (χ0v) is 9.46. The third-order valence-electron chi connectivity index (χ3n) is 2.58. The highest BCUT2D eigenvalue weighted by Crippen LogP contribution is 2.10. The van der Waals surface area contributed by atoms with Crippen molar-refractivity contribution in [1.29, 1.82) is 0 Å². The van der Waals surface area contributed by atoms with Crippen LogP contribution in [0.2, 0.25) is 0 Å². The monoisotopic (exact) mass is 217 g/mol. The van der Waals surface area contributed by atoms with E-state index in [-0.39, 0.29) is 6.04 Å². The predicted octanol–water partition coefficient (Wildman–Crippen LogP) is 1.06. The van der Waals surface area contributed by atoms with Crippen LogP contribution in [0.5, 0.6) is 0 Å². The van der Waals surface area contributed by atoms with E-state index in [4.69, 9.17) is 0 Å². The van der Waals surface area contributed by atoms with Crippen LogP contribution in [0, 0.1) is 0 Å². The summed E-state index contributed by atoms with van der Waals surface area (Å²) in [6.07, 6.45) is 5.17. The van der Waals surface area contributed by atoms with Gasteiger partial charge in [-0.3, -0.25) is 9.67 Å². The molecule has 2 aromatic rings. The molecule has 1 atom stereocenters. The van der Waals surface area contributed by atoms with Crippen LogP contribution in [0.4, 0.5) is 0 Å². The van der Waals surface area contributed by atoms with E-state index in [0.29, 0.717) is 6.54 Å². The van der Waals surface area contributed by atoms with Crippen LogP contribution in [0.15, 0.2) is 30.9 Å². The largest absolute Gasteiger partial charge is 0.303 e. The molecule has 1 unspecified atom stereocenters. The molecule has 0 fully saturated rings. The lowest BCUT2D eigenvalue weighted by molar-refractivity contribution is 0.540. The van der Waals surface area contributed by atoms with Gasteiger partial charge in [0.1, 0.15) is 12.2 Å². The van der Waals surface area contributed by atoms with E-state index in [0.717, 1.165) is 5.82 Å². The molecule has 0 saturated carbocycles. The fourth-order valence-corrected chi connectivity index (χ4v) is 1.49. The fourth-order valence-electron chi connectivity index (χ4n) is 1.49. The van der Waals surface area contributed by atoms with Gasteiger partial charge in [-0.15, -0.1) is 0 Å². The lowest BCUT2D eigenvalue weighted by Gasteiger charge is -2.13. The average Bonchev–Trinajstić information content (AvgIpc) is 2.73. The number of pyridine rings is 1. The molecule has 0 amide bonds. The molecule has 0 aliphatic rings. The first-order valence-corrected chi connectivity index (χ1v) is 5.23. The van der Waals surface area contributed by atoms with Gasteiger partial charge in [0, 0.05) is 25.5 Å². The molecule has 0 bridgehead atoms. The highest BCUT2D eigenvalue weighted by Gasteiger charge is 2.06. The van der Waals surface area contributed by atoms with Gasteiger partial charge in [0.2, 0.25) is 0 Å². The Balaban J connectivity index is 1.94. The number of hydrogen-bond acceptors (Lipinski definition) is 4. The molecule has 0 spiro atoms. The van der Waals surface area contributed by atoms with Crippen LogP contribution in [-0.2, 0) is 13.6 Å². The molecule has 2 heterocycles. The van der Waals surface area contributed by atoms with Crippen LogP contribution in [0.1, 0.15) is 24.4 Å². The summed E-state index contributed by atoms with van der Waals surface area (Å²) >= 11 is 0. The van der Waals surface area contributed by atoms with Gasteiger partial charge < -0.3 is 5.32 Å². The second-order valence-corrected chi connectivity index (χ2v) is 3.68. The zero-order chi connectivity index (χ0) is 11.4. The first-order chi connectivity index (χ1) is 7.77. The molecule has 16 heavy (non-hydrogen) atoms. The average molecular weight is 217 g/mol. The van der Waals surface area contributed by atoms with Crippen LogP contribution in [-0.4, -0.2) is 19.7 Å². The van der Waals surface area contributed by atoms with Crippen LogP contribution in [0.25, 0.3) is 0 Å². The van der Waals surface area contributed by atoms with Gasteiger partial charge in [-0.05, 0) is 24.6 Å². The molecule has 2 aromatic heterocycles. The quantitative estimate of drug-likeness (QED) is 0.832. The first kappa shape index (κ1) is 10.8. The normalized spacial score (nSPS) is 12.6. The van der Waals surface area contributed by atoms with Crippen molar-refractivity contribution >= 4 is 0 Å². The van der Waals surface area contributed by atoms with Gasteiger partial charge in [0.15, 0.2) is 0 Å².